The first-order valence-corrected chi connectivity index (χ1v) is 7.95. The van der Waals surface area contributed by atoms with Crippen molar-refractivity contribution >= 4 is 34.7 Å². The molecule has 1 fully saturated rings. The Morgan fingerprint density at radius 1 is 1.08 bits per heavy atom. The molecule has 2 unspecified atom stereocenters. The summed E-state index contributed by atoms with van der Waals surface area (Å²) in [7, 11) is 0. The van der Waals surface area contributed by atoms with Crippen LogP contribution in [0, 0.1) is 5.92 Å². The number of carbonyl (C=O) groups excluding carboxylic acids is 3. The quantitative estimate of drug-likeness (QED) is 0.639. The van der Waals surface area contributed by atoms with Crippen molar-refractivity contribution in [2.75, 3.05) is 0 Å². The second-order valence-electron chi connectivity index (χ2n) is 6.04. The fraction of sp³-hybridized carbons (Fsp3) is 0.158. The van der Waals surface area contributed by atoms with E-state index < -0.39 is 23.0 Å². The molecule has 2 aromatic rings. The van der Waals surface area contributed by atoms with Crippen LogP contribution in [0.1, 0.15) is 22.3 Å². The van der Waals surface area contributed by atoms with E-state index in [0.29, 0.717) is 16.1 Å². The molecule has 0 radical (unpaired) electrons. The van der Waals surface area contributed by atoms with E-state index in [1.165, 1.54) is 0 Å². The maximum Gasteiger partial charge on any atom is 0.249 e. The Morgan fingerprint density at radius 3 is 2.54 bits per heavy atom. The molecule has 2 atom stereocenters. The van der Waals surface area contributed by atoms with Crippen molar-refractivity contribution in [1.29, 1.82) is 0 Å². The lowest BCUT2D eigenvalue weighted by atomic mass is 10.00. The van der Waals surface area contributed by atoms with Crippen molar-refractivity contribution in [3.05, 3.63) is 70.7 Å². The predicted octanol–water partition coefficient (Wildman–Crippen LogP) is 2.92. The summed E-state index contributed by atoms with van der Waals surface area (Å²) in [6.45, 7) is 0. The number of hydrogen-bond donors (Lipinski definition) is 0. The molecule has 2 aliphatic rings. The number of ketones is 3. The van der Waals surface area contributed by atoms with Crippen LogP contribution < -0.4 is 0 Å². The number of aliphatic imine (C=N–C) groups is 1. The zero-order chi connectivity index (χ0) is 16.9. The second kappa shape index (κ2) is 5.21. The van der Waals surface area contributed by atoms with E-state index in [9.17, 15) is 14.4 Å². The molecular weight excluding hydrogens is 326 g/mol. The first kappa shape index (κ1) is 15.0. The van der Waals surface area contributed by atoms with E-state index in [0.717, 1.165) is 0 Å². The van der Waals surface area contributed by atoms with Gasteiger partial charge in [0, 0.05) is 16.1 Å². The third kappa shape index (κ3) is 2.14. The summed E-state index contributed by atoms with van der Waals surface area (Å²) in [5, 5.41) is 0.456. The summed E-state index contributed by atoms with van der Waals surface area (Å²) < 4.78 is 0. The monoisotopic (exact) mass is 337 g/mol. The summed E-state index contributed by atoms with van der Waals surface area (Å²) in [4.78, 5) is 41.8. The van der Waals surface area contributed by atoms with Crippen molar-refractivity contribution in [3.8, 4) is 0 Å². The summed E-state index contributed by atoms with van der Waals surface area (Å²) in [6.07, 6.45) is 0.277. The van der Waals surface area contributed by atoms with Crippen molar-refractivity contribution in [2.45, 2.75) is 12.0 Å². The predicted molar refractivity (Wildman–Crippen MR) is 89.6 cm³/mol. The summed E-state index contributed by atoms with van der Waals surface area (Å²) in [6, 6.07) is 15.4. The Hall–Kier alpha value is -2.59. The molecule has 1 heterocycles. The van der Waals surface area contributed by atoms with Gasteiger partial charge in [0.25, 0.3) is 0 Å². The Kier molecular flexibility index (Phi) is 3.25. The maximum absolute atomic E-state index is 12.6. The molecule has 1 saturated carbocycles. The van der Waals surface area contributed by atoms with Gasteiger partial charge in [0.05, 0.1) is 5.92 Å². The molecule has 1 aliphatic carbocycles. The van der Waals surface area contributed by atoms with Crippen LogP contribution in [0.25, 0.3) is 0 Å². The lowest BCUT2D eigenvalue weighted by molar-refractivity contribution is -0.133. The first-order valence-electron chi connectivity index (χ1n) is 7.57. The molecule has 4 rings (SSSR count). The fourth-order valence-electron chi connectivity index (χ4n) is 3.18. The largest absolute Gasteiger partial charge is 0.294 e. The van der Waals surface area contributed by atoms with Gasteiger partial charge in [0.1, 0.15) is 11.3 Å². The Labute approximate surface area is 143 Å². The van der Waals surface area contributed by atoms with Crippen LogP contribution in [0.15, 0.2) is 59.6 Å². The molecule has 1 spiro atoms. The molecule has 4 nitrogen and oxygen atoms in total. The summed E-state index contributed by atoms with van der Waals surface area (Å²) >= 11 is 5.92. The van der Waals surface area contributed by atoms with Crippen molar-refractivity contribution in [1.82, 2.24) is 0 Å². The highest BCUT2D eigenvalue weighted by Crippen LogP contribution is 2.52. The summed E-state index contributed by atoms with van der Waals surface area (Å²) in [5.41, 5.74) is -0.00895. The molecule has 0 N–H and O–H groups in total. The lowest BCUT2D eigenvalue weighted by Crippen LogP contribution is -2.28. The molecule has 24 heavy (non-hydrogen) atoms. The van der Waals surface area contributed by atoms with E-state index >= 15 is 0 Å². The van der Waals surface area contributed by atoms with Gasteiger partial charge in [-0.1, -0.05) is 54.1 Å². The van der Waals surface area contributed by atoms with Crippen molar-refractivity contribution < 1.29 is 14.4 Å². The Morgan fingerprint density at radius 2 is 1.83 bits per heavy atom. The Bertz CT molecular complexity index is 919. The molecule has 0 bridgehead atoms. The third-order valence-electron chi connectivity index (χ3n) is 4.53. The van der Waals surface area contributed by atoms with E-state index in [-0.39, 0.29) is 17.9 Å². The number of carbonyl (C=O) groups is 3. The number of nitrogens with zero attached hydrogens (tertiary/aromatic N) is 1. The van der Waals surface area contributed by atoms with E-state index in [2.05, 4.69) is 4.99 Å². The molecule has 2 aromatic carbocycles. The first-order chi connectivity index (χ1) is 11.5. The molecule has 5 heteroatoms. The second-order valence-corrected chi connectivity index (χ2v) is 6.48. The van der Waals surface area contributed by atoms with E-state index in [1.54, 1.807) is 48.5 Å². The van der Waals surface area contributed by atoms with Crippen LogP contribution in [0.4, 0.5) is 0 Å². The number of Topliss-reactive ketones (excluding diaryl/α,β-unsaturated/α-hetero) is 3. The normalized spacial score (nSPS) is 25.0. The third-order valence-corrected chi connectivity index (χ3v) is 4.77. The maximum atomic E-state index is 12.6. The average molecular weight is 338 g/mol. The smallest absolute Gasteiger partial charge is 0.249 e. The van der Waals surface area contributed by atoms with Crippen LogP contribution in [-0.4, -0.2) is 28.6 Å². The molecule has 0 saturated heterocycles. The number of rotatable bonds is 3. The zero-order valence-corrected chi connectivity index (χ0v) is 13.3. The van der Waals surface area contributed by atoms with E-state index in [4.69, 9.17) is 11.6 Å². The lowest BCUT2D eigenvalue weighted by Gasteiger charge is -2.03. The molecule has 118 valence electrons. The van der Waals surface area contributed by atoms with Crippen molar-refractivity contribution in [2.24, 2.45) is 10.9 Å². The minimum atomic E-state index is -1.21. The topological polar surface area (TPSA) is 63.6 Å². The average Bonchev–Trinajstić information content (AvgIpc) is 3.28. The molecule has 1 aliphatic heterocycles. The van der Waals surface area contributed by atoms with Gasteiger partial charge in [0.15, 0.2) is 5.78 Å². The number of benzene rings is 2. The van der Waals surface area contributed by atoms with Crippen LogP contribution in [-0.2, 0) is 9.59 Å². The fourth-order valence-corrected chi connectivity index (χ4v) is 3.37. The zero-order valence-electron chi connectivity index (χ0n) is 12.5. The number of halogens is 1. The highest BCUT2D eigenvalue weighted by molar-refractivity contribution is 6.73. The van der Waals surface area contributed by atoms with Gasteiger partial charge in [-0.15, -0.1) is 0 Å². The van der Waals surface area contributed by atoms with Crippen LogP contribution >= 0.6 is 11.6 Å². The van der Waals surface area contributed by atoms with Gasteiger partial charge in [-0.3, -0.25) is 19.4 Å². The molecular formula is C19H12ClNO3. The van der Waals surface area contributed by atoms with Gasteiger partial charge in [-0.2, -0.15) is 0 Å². The summed E-state index contributed by atoms with van der Waals surface area (Å²) in [5.74, 6) is -1.98. The minimum absolute atomic E-state index is 0.155. The van der Waals surface area contributed by atoms with Crippen molar-refractivity contribution in [3.63, 3.8) is 0 Å². The van der Waals surface area contributed by atoms with Gasteiger partial charge in [0.2, 0.25) is 11.6 Å². The highest BCUT2D eigenvalue weighted by Gasteiger charge is 2.68. The molecule has 0 aromatic heterocycles. The highest BCUT2D eigenvalue weighted by atomic mass is 35.5. The molecule has 0 amide bonds. The standard InChI is InChI=1S/C19H12ClNO3/c20-13-8-4-7-12(9-13)16(22)14-10-19(14)18(24)17(23)15(21-19)11-5-2-1-3-6-11/h1-9,14H,10H2. The van der Waals surface area contributed by atoms with Gasteiger partial charge < -0.3 is 0 Å². The minimum Gasteiger partial charge on any atom is -0.294 e. The van der Waals surface area contributed by atoms with Gasteiger partial charge in [-0.25, -0.2) is 0 Å². The number of hydrogen-bond acceptors (Lipinski definition) is 4. The van der Waals surface area contributed by atoms with Crippen LogP contribution in [0.3, 0.4) is 0 Å². The van der Waals surface area contributed by atoms with Gasteiger partial charge in [-0.05, 0) is 18.6 Å². The van der Waals surface area contributed by atoms with Crippen LogP contribution in [0.5, 0.6) is 0 Å². The van der Waals surface area contributed by atoms with E-state index in [1.807, 2.05) is 6.07 Å². The van der Waals surface area contributed by atoms with Crippen LogP contribution in [0.2, 0.25) is 5.02 Å². The SMILES string of the molecule is O=C1C(=O)C2(CC2C(=O)c2cccc(Cl)c2)N=C1c1ccccc1. The Balaban J connectivity index is 1.68. The van der Waals surface area contributed by atoms with Gasteiger partial charge >= 0.3 is 0 Å².